The molecule has 0 N–H and O–H groups in total. The second-order valence-corrected chi connectivity index (χ2v) is 3.64. The maximum Gasteiger partial charge on any atom is 0.270 e. The number of nitrogens with zero attached hydrogens (tertiary/aromatic N) is 2. The number of allylic oxidation sites excluding steroid dienone is 3. The van der Waals surface area contributed by atoms with E-state index in [0.29, 0.717) is 0 Å². The molecular formula is C13H14N2O2. The number of non-ortho nitro benzene ring substituents is 1. The molecule has 1 rings (SSSR count). The first-order valence-corrected chi connectivity index (χ1v) is 5.09. The van der Waals surface area contributed by atoms with Crippen molar-refractivity contribution in [2.24, 2.45) is 4.99 Å². The number of nitro groups is 1. The van der Waals surface area contributed by atoms with E-state index in [4.69, 9.17) is 0 Å². The zero-order valence-corrected chi connectivity index (χ0v) is 9.88. The van der Waals surface area contributed by atoms with Crippen molar-refractivity contribution < 1.29 is 4.92 Å². The Bertz CT molecular complexity index is 502. The van der Waals surface area contributed by atoms with Crippen molar-refractivity contribution in [3.8, 4) is 0 Å². The van der Waals surface area contributed by atoms with E-state index in [1.807, 2.05) is 19.1 Å². The highest BCUT2D eigenvalue weighted by Crippen LogP contribution is 2.20. The number of aliphatic imine (C=N–C) groups is 1. The summed E-state index contributed by atoms with van der Waals surface area (Å²) in [5.74, 6) is 0. The van der Waals surface area contributed by atoms with Gasteiger partial charge in [0.05, 0.1) is 4.92 Å². The van der Waals surface area contributed by atoms with Gasteiger partial charge in [0, 0.05) is 25.4 Å². The fourth-order valence-electron chi connectivity index (χ4n) is 1.40. The van der Waals surface area contributed by atoms with E-state index in [1.165, 1.54) is 12.1 Å². The minimum absolute atomic E-state index is 0.0691. The molecule has 0 aliphatic carbocycles. The molecule has 0 fully saturated rings. The number of rotatable bonds is 4. The van der Waals surface area contributed by atoms with Crippen LogP contribution < -0.4 is 0 Å². The molecule has 0 saturated carbocycles. The van der Waals surface area contributed by atoms with Crippen LogP contribution in [-0.4, -0.2) is 18.2 Å². The molecule has 0 saturated heterocycles. The van der Waals surface area contributed by atoms with Crippen LogP contribution in [0, 0.1) is 10.1 Å². The summed E-state index contributed by atoms with van der Waals surface area (Å²) in [5, 5.41) is 10.7. The second-order valence-electron chi connectivity index (χ2n) is 3.64. The van der Waals surface area contributed by atoms with E-state index in [1.54, 1.807) is 19.3 Å². The highest BCUT2D eigenvalue weighted by Gasteiger charge is 2.07. The van der Waals surface area contributed by atoms with Crippen LogP contribution in [0.2, 0.25) is 0 Å². The Balaban J connectivity index is 3.24. The van der Waals surface area contributed by atoms with Gasteiger partial charge in [-0.1, -0.05) is 30.4 Å². The standard InChI is InChI=1S/C13H14N2O2/c1-10(2)7-12(9-14-3)11-5-4-6-13(8-11)15(16)17/h4-9H,1H2,2-3H3/b12-7+,14-9?. The molecule has 0 bridgehead atoms. The van der Waals surface area contributed by atoms with Gasteiger partial charge in [-0.25, -0.2) is 0 Å². The van der Waals surface area contributed by atoms with E-state index < -0.39 is 4.92 Å². The minimum atomic E-state index is -0.412. The predicted molar refractivity (Wildman–Crippen MR) is 70.3 cm³/mol. The van der Waals surface area contributed by atoms with Crippen molar-refractivity contribution in [1.29, 1.82) is 0 Å². The van der Waals surface area contributed by atoms with Gasteiger partial charge >= 0.3 is 0 Å². The zero-order chi connectivity index (χ0) is 12.8. The molecule has 0 unspecified atom stereocenters. The normalized spacial score (nSPS) is 11.8. The van der Waals surface area contributed by atoms with Crippen molar-refractivity contribution in [2.75, 3.05) is 7.05 Å². The van der Waals surface area contributed by atoms with Crippen LogP contribution in [0.15, 0.2) is 47.5 Å². The molecule has 0 aromatic heterocycles. The smallest absolute Gasteiger partial charge is 0.270 e. The molecule has 4 heteroatoms. The Hall–Kier alpha value is -2.23. The second kappa shape index (κ2) is 5.75. The number of hydrogen-bond donors (Lipinski definition) is 0. The van der Waals surface area contributed by atoms with Crippen molar-refractivity contribution in [3.63, 3.8) is 0 Å². The molecule has 0 spiro atoms. The lowest BCUT2D eigenvalue weighted by Crippen LogP contribution is -1.91. The van der Waals surface area contributed by atoms with Gasteiger partial charge in [-0.3, -0.25) is 15.1 Å². The molecule has 0 atom stereocenters. The first-order chi connectivity index (χ1) is 8.04. The average Bonchev–Trinajstić information content (AvgIpc) is 2.28. The molecule has 17 heavy (non-hydrogen) atoms. The van der Waals surface area contributed by atoms with Gasteiger partial charge in [0.1, 0.15) is 0 Å². The number of nitro benzene ring substituents is 1. The highest BCUT2D eigenvalue weighted by atomic mass is 16.6. The summed E-state index contributed by atoms with van der Waals surface area (Å²) in [5.41, 5.74) is 2.50. The number of benzene rings is 1. The van der Waals surface area contributed by atoms with Crippen LogP contribution in [0.3, 0.4) is 0 Å². The highest BCUT2D eigenvalue weighted by molar-refractivity contribution is 6.10. The van der Waals surface area contributed by atoms with E-state index >= 15 is 0 Å². The van der Waals surface area contributed by atoms with Crippen LogP contribution in [0.5, 0.6) is 0 Å². The van der Waals surface area contributed by atoms with E-state index in [-0.39, 0.29) is 5.69 Å². The van der Waals surface area contributed by atoms with Gasteiger partial charge in [-0.2, -0.15) is 0 Å². The molecular weight excluding hydrogens is 216 g/mol. The molecule has 1 aromatic carbocycles. The molecule has 88 valence electrons. The first kappa shape index (κ1) is 12.8. The monoisotopic (exact) mass is 230 g/mol. The van der Waals surface area contributed by atoms with Crippen LogP contribution in [0.1, 0.15) is 12.5 Å². The summed E-state index contributed by atoms with van der Waals surface area (Å²) in [6.07, 6.45) is 3.50. The lowest BCUT2D eigenvalue weighted by atomic mass is 10.0. The van der Waals surface area contributed by atoms with Crippen molar-refractivity contribution in [1.82, 2.24) is 0 Å². The summed E-state index contributed by atoms with van der Waals surface area (Å²) in [6, 6.07) is 6.45. The summed E-state index contributed by atoms with van der Waals surface area (Å²) < 4.78 is 0. The molecule has 0 aliphatic rings. The van der Waals surface area contributed by atoms with Crippen LogP contribution in [0.25, 0.3) is 5.57 Å². The van der Waals surface area contributed by atoms with Gasteiger partial charge in [0.2, 0.25) is 0 Å². The lowest BCUT2D eigenvalue weighted by Gasteiger charge is -2.02. The third-order valence-electron chi connectivity index (χ3n) is 2.06. The Morgan fingerprint density at radius 3 is 2.76 bits per heavy atom. The quantitative estimate of drug-likeness (QED) is 0.345. The summed E-state index contributed by atoms with van der Waals surface area (Å²) in [4.78, 5) is 14.2. The maximum atomic E-state index is 10.7. The first-order valence-electron chi connectivity index (χ1n) is 5.09. The van der Waals surface area contributed by atoms with Gasteiger partial charge in [-0.15, -0.1) is 0 Å². The van der Waals surface area contributed by atoms with Gasteiger partial charge in [0.25, 0.3) is 5.69 Å². The van der Waals surface area contributed by atoms with Crippen molar-refractivity contribution in [3.05, 3.63) is 58.2 Å². The summed E-state index contributed by atoms with van der Waals surface area (Å²) in [6.45, 7) is 5.65. The van der Waals surface area contributed by atoms with Crippen LogP contribution >= 0.6 is 0 Å². The predicted octanol–water partition coefficient (Wildman–Crippen LogP) is 3.25. The Morgan fingerprint density at radius 2 is 2.24 bits per heavy atom. The molecule has 0 heterocycles. The fourth-order valence-corrected chi connectivity index (χ4v) is 1.40. The molecule has 0 amide bonds. The fraction of sp³-hybridized carbons (Fsp3) is 0.154. The zero-order valence-electron chi connectivity index (χ0n) is 9.88. The largest absolute Gasteiger partial charge is 0.296 e. The van der Waals surface area contributed by atoms with Gasteiger partial charge in [0.15, 0.2) is 0 Å². The summed E-state index contributed by atoms with van der Waals surface area (Å²) >= 11 is 0. The number of hydrogen-bond acceptors (Lipinski definition) is 3. The Morgan fingerprint density at radius 1 is 1.53 bits per heavy atom. The Kier molecular flexibility index (Phi) is 4.34. The summed E-state index contributed by atoms with van der Waals surface area (Å²) in [7, 11) is 1.66. The van der Waals surface area contributed by atoms with Gasteiger partial charge < -0.3 is 0 Å². The maximum absolute atomic E-state index is 10.7. The topological polar surface area (TPSA) is 55.5 Å². The van der Waals surface area contributed by atoms with E-state index in [0.717, 1.165) is 16.7 Å². The molecule has 0 radical (unpaired) electrons. The molecule has 1 aromatic rings. The average molecular weight is 230 g/mol. The van der Waals surface area contributed by atoms with Gasteiger partial charge in [-0.05, 0) is 18.1 Å². The van der Waals surface area contributed by atoms with Crippen molar-refractivity contribution in [2.45, 2.75) is 6.92 Å². The van der Waals surface area contributed by atoms with E-state index in [9.17, 15) is 10.1 Å². The third-order valence-corrected chi connectivity index (χ3v) is 2.06. The SMILES string of the molecule is C=C(C)/C=C(\C=NC)c1cccc([N+](=O)[O-])c1. The van der Waals surface area contributed by atoms with Crippen LogP contribution in [0.4, 0.5) is 5.69 Å². The van der Waals surface area contributed by atoms with Crippen molar-refractivity contribution >= 4 is 17.5 Å². The molecule has 0 aliphatic heterocycles. The molecule has 4 nitrogen and oxygen atoms in total. The van der Waals surface area contributed by atoms with Crippen LogP contribution in [-0.2, 0) is 0 Å². The van der Waals surface area contributed by atoms with E-state index in [2.05, 4.69) is 11.6 Å². The lowest BCUT2D eigenvalue weighted by molar-refractivity contribution is -0.384. The minimum Gasteiger partial charge on any atom is -0.296 e. The third kappa shape index (κ3) is 3.68. The Labute approximate surface area is 100 Å².